The summed E-state index contributed by atoms with van der Waals surface area (Å²) >= 11 is 6.34. The number of rotatable bonds is 6. The number of unbranched alkanes of at least 4 members (excludes halogenated alkanes) is 1. The van der Waals surface area contributed by atoms with Gasteiger partial charge in [0.25, 0.3) is 0 Å². The summed E-state index contributed by atoms with van der Waals surface area (Å²) in [5.41, 5.74) is 3.25. The molecule has 0 fully saturated rings. The largest absolute Gasteiger partial charge is 0.321 e. The number of aromatic nitrogens is 3. The molecule has 0 saturated carbocycles. The Morgan fingerprint density at radius 1 is 1.43 bits per heavy atom. The molecule has 6 heteroatoms. The van der Waals surface area contributed by atoms with Gasteiger partial charge in [-0.05, 0) is 38.0 Å². The van der Waals surface area contributed by atoms with Gasteiger partial charge in [0, 0.05) is 24.4 Å². The van der Waals surface area contributed by atoms with Crippen LogP contribution in [0.3, 0.4) is 0 Å². The lowest BCUT2D eigenvalue weighted by Gasteiger charge is -2.04. The molecule has 2 aromatic heterocycles. The fourth-order valence-corrected chi connectivity index (χ4v) is 2.46. The van der Waals surface area contributed by atoms with E-state index >= 15 is 0 Å². The van der Waals surface area contributed by atoms with Crippen molar-refractivity contribution >= 4 is 29.3 Å². The molecule has 23 heavy (non-hydrogen) atoms. The van der Waals surface area contributed by atoms with Gasteiger partial charge in [0.2, 0.25) is 5.91 Å². The zero-order valence-electron chi connectivity index (χ0n) is 13.6. The molecule has 2 aromatic rings. The first-order valence-corrected chi connectivity index (χ1v) is 8.03. The van der Waals surface area contributed by atoms with Crippen molar-refractivity contribution in [3.8, 4) is 0 Å². The van der Waals surface area contributed by atoms with Gasteiger partial charge in [-0.1, -0.05) is 24.9 Å². The van der Waals surface area contributed by atoms with E-state index < -0.39 is 0 Å². The van der Waals surface area contributed by atoms with Crippen LogP contribution in [-0.4, -0.2) is 20.7 Å². The van der Waals surface area contributed by atoms with Crippen molar-refractivity contribution in [2.24, 2.45) is 0 Å². The highest BCUT2D eigenvalue weighted by Gasteiger charge is 2.11. The summed E-state index contributed by atoms with van der Waals surface area (Å²) in [7, 11) is 0. The third-order valence-corrected chi connectivity index (χ3v) is 3.93. The lowest BCUT2D eigenvalue weighted by molar-refractivity contribution is -0.111. The maximum absolute atomic E-state index is 12.0. The van der Waals surface area contributed by atoms with Gasteiger partial charge in [-0.3, -0.25) is 14.5 Å². The molecule has 0 atom stereocenters. The highest BCUT2D eigenvalue weighted by atomic mass is 35.5. The summed E-state index contributed by atoms with van der Waals surface area (Å²) in [5.74, 6) is -0.224. The van der Waals surface area contributed by atoms with Crippen LogP contribution in [-0.2, 0) is 11.3 Å². The van der Waals surface area contributed by atoms with Crippen LogP contribution in [0.15, 0.2) is 24.5 Å². The molecule has 0 spiro atoms. The molecule has 2 heterocycles. The summed E-state index contributed by atoms with van der Waals surface area (Å²) in [6.07, 6.45) is 8.58. The average molecular weight is 333 g/mol. The van der Waals surface area contributed by atoms with Gasteiger partial charge >= 0.3 is 0 Å². The second-order valence-electron chi connectivity index (χ2n) is 5.38. The van der Waals surface area contributed by atoms with Crippen LogP contribution in [0.25, 0.3) is 6.08 Å². The summed E-state index contributed by atoms with van der Waals surface area (Å²) in [6, 6.07) is 1.85. The van der Waals surface area contributed by atoms with Crippen LogP contribution in [0.5, 0.6) is 0 Å². The molecule has 0 aliphatic rings. The fourth-order valence-electron chi connectivity index (χ4n) is 2.14. The smallest absolute Gasteiger partial charge is 0.248 e. The number of pyridine rings is 1. The minimum Gasteiger partial charge on any atom is -0.321 e. The van der Waals surface area contributed by atoms with Crippen LogP contribution < -0.4 is 5.32 Å². The molecule has 2 rings (SSSR count). The molecular weight excluding hydrogens is 312 g/mol. The van der Waals surface area contributed by atoms with E-state index in [2.05, 4.69) is 22.3 Å². The summed E-state index contributed by atoms with van der Waals surface area (Å²) in [5, 5.41) is 7.78. The van der Waals surface area contributed by atoms with E-state index in [0.29, 0.717) is 10.8 Å². The Hall–Kier alpha value is -2.14. The number of nitrogens with zero attached hydrogens (tertiary/aromatic N) is 3. The Morgan fingerprint density at radius 2 is 2.22 bits per heavy atom. The maximum atomic E-state index is 12.0. The first kappa shape index (κ1) is 17.2. The summed E-state index contributed by atoms with van der Waals surface area (Å²) in [6.45, 7) is 6.71. The monoisotopic (exact) mass is 332 g/mol. The molecule has 0 unspecified atom stereocenters. The number of amides is 1. The number of nitrogens with one attached hydrogen (secondary N) is 1. The van der Waals surface area contributed by atoms with Gasteiger partial charge in [0.05, 0.1) is 17.6 Å². The third-order valence-electron chi connectivity index (χ3n) is 3.53. The molecule has 5 nitrogen and oxygen atoms in total. The van der Waals surface area contributed by atoms with Crippen LogP contribution in [0.2, 0.25) is 5.15 Å². The van der Waals surface area contributed by atoms with Crippen LogP contribution >= 0.6 is 11.6 Å². The quantitative estimate of drug-likeness (QED) is 0.813. The van der Waals surface area contributed by atoms with Crippen LogP contribution in [0.1, 0.15) is 36.6 Å². The minimum absolute atomic E-state index is 0.224. The lowest BCUT2D eigenvalue weighted by atomic mass is 10.2. The number of carbonyl (C=O) groups excluding carboxylic acids is 1. The van der Waals surface area contributed by atoms with E-state index in [1.807, 2.05) is 19.9 Å². The normalized spacial score (nSPS) is 11.1. The second kappa shape index (κ2) is 7.92. The number of hydrogen-bond donors (Lipinski definition) is 1. The van der Waals surface area contributed by atoms with Crippen molar-refractivity contribution in [1.82, 2.24) is 14.8 Å². The zero-order valence-corrected chi connectivity index (χ0v) is 14.4. The molecular formula is C17H21ClN4O. The topological polar surface area (TPSA) is 59.8 Å². The SMILES string of the molecule is CCCCn1nc(C)c(C=CC(=O)Nc2cnccc2C)c1Cl. The van der Waals surface area contributed by atoms with Crippen molar-refractivity contribution in [3.05, 3.63) is 46.5 Å². The van der Waals surface area contributed by atoms with Crippen molar-refractivity contribution in [2.75, 3.05) is 5.32 Å². The van der Waals surface area contributed by atoms with Gasteiger partial charge in [-0.25, -0.2) is 0 Å². The molecule has 0 aromatic carbocycles. The number of carbonyl (C=O) groups is 1. The van der Waals surface area contributed by atoms with E-state index in [1.165, 1.54) is 6.08 Å². The maximum Gasteiger partial charge on any atom is 0.248 e. The van der Waals surface area contributed by atoms with Gasteiger partial charge in [-0.2, -0.15) is 5.10 Å². The Kier molecular flexibility index (Phi) is 5.93. The molecule has 1 N–H and O–H groups in total. The van der Waals surface area contributed by atoms with E-state index in [4.69, 9.17) is 11.6 Å². The zero-order chi connectivity index (χ0) is 16.8. The van der Waals surface area contributed by atoms with Crippen molar-refractivity contribution in [2.45, 2.75) is 40.2 Å². The first-order chi connectivity index (χ1) is 11.0. The van der Waals surface area contributed by atoms with Gasteiger partial charge in [-0.15, -0.1) is 0 Å². The van der Waals surface area contributed by atoms with E-state index in [9.17, 15) is 4.79 Å². The van der Waals surface area contributed by atoms with Crippen LogP contribution in [0, 0.1) is 13.8 Å². The number of anilines is 1. The lowest BCUT2D eigenvalue weighted by Crippen LogP contribution is -2.09. The van der Waals surface area contributed by atoms with Gasteiger partial charge in [0.1, 0.15) is 5.15 Å². The minimum atomic E-state index is -0.224. The number of aryl methyl sites for hydroxylation is 3. The average Bonchev–Trinajstić information content (AvgIpc) is 2.79. The predicted molar refractivity (Wildman–Crippen MR) is 93.5 cm³/mol. The Bertz CT molecular complexity index is 721. The number of halogens is 1. The molecule has 0 aliphatic heterocycles. The summed E-state index contributed by atoms with van der Waals surface area (Å²) in [4.78, 5) is 16.0. The number of hydrogen-bond acceptors (Lipinski definition) is 3. The van der Waals surface area contributed by atoms with E-state index in [1.54, 1.807) is 23.2 Å². The Labute approximate surface area is 141 Å². The molecule has 0 saturated heterocycles. The van der Waals surface area contributed by atoms with Gasteiger partial charge in [0.15, 0.2) is 0 Å². The highest BCUT2D eigenvalue weighted by molar-refractivity contribution is 6.31. The van der Waals surface area contributed by atoms with Crippen LogP contribution in [0.4, 0.5) is 5.69 Å². The van der Waals surface area contributed by atoms with Gasteiger partial charge < -0.3 is 5.32 Å². The second-order valence-corrected chi connectivity index (χ2v) is 5.74. The third kappa shape index (κ3) is 4.42. The predicted octanol–water partition coefficient (Wildman–Crippen LogP) is 4.00. The Balaban J connectivity index is 2.09. The van der Waals surface area contributed by atoms with Crippen molar-refractivity contribution in [3.63, 3.8) is 0 Å². The summed E-state index contributed by atoms with van der Waals surface area (Å²) < 4.78 is 1.78. The molecule has 0 radical (unpaired) electrons. The molecule has 0 bridgehead atoms. The van der Waals surface area contributed by atoms with E-state index in [-0.39, 0.29) is 5.91 Å². The fraction of sp³-hybridized carbons (Fsp3) is 0.353. The standard InChI is InChI=1S/C17H21ClN4O/c1-4-5-10-22-17(18)14(13(3)21-22)6-7-16(23)20-15-11-19-9-8-12(15)2/h6-9,11H,4-5,10H2,1-3H3,(H,20,23). The first-order valence-electron chi connectivity index (χ1n) is 7.65. The molecule has 122 valence electrons. The highest BCUT2D eigenvalue weighted by Crippen LogP contribution is 2.22. The molecule has 0 aliphatic carbocycles. The molecule has 1 amide bonds. The Morgan fingerprint density at radius 3 is 2.91 bits per heavy atom. The van der Waals surface area contributed by atoms with Crippen molar-refractivity contribution < 1.29 is 4.79 Å². The van der Waals surface area contributed by atoms with Crippen molar-refractivity contribution in [1.29, 1.82) is 0 Å². The van der Waals surface area contributed by atoms with E-state index in [0.717, 1.165) is 36.2 Å².